The lowest BCUT2D eigenvalue weighted by atomic mass is 10.0. The fraction of sp³-hybridized carbons (Fsp3) is 0.333. The molecule has 2 aromatic rings. The molecule has 0 bridgehead atoms. The maximum Gasteiger partial charge on any atom is 0.313 e. The van der Waals surface area contributed by atoms with Crippen LogP contribution in [0.4, 0.5) is 17.1 Å². The standard InChI is InChI=1S/C21H26N4O2/c1-24-14-12-19(13-15-24)25(2)21(27)20(26)23-18-10-8-17(9-11-18)22-16-6-4-3-5-7-16/h3-11,19,22H,12-15H2,1-2H3,(H,23,26). The summed E-state index contributed by atoms with van der Waals surface area (Å²) in [6.45, 7) is 1.89. The minimum atomic E-state index is -0.597. The van der Waals surface area contributed by atoms with Gasteiger partial charge in [-0.15, -0.1) is 0 Å². The number of nitrogens with one attached hydrogen (secondary N) is 2. The van der Waals surface area contributed by atoms with Crippen LogP contribution >= 0.6 is 0 Å². The molecule has 2 aromatic carbocycles. The Morgan fingerprint density at radius 1 is 0.926 bits per heavy atom. The van der Waals surface area contributed by atoms with E-state index in [1.54, 1.807) is 24.1 Å². The summed E-state index contributed by atoms with van der Waals surface area (Å²) in [5, 5.41) is 5.97. The molecule has 6 nitrogen and oxygen atoms in total. The number of rotatable bonds is 4. The molecule has 0 spiro atoms. The molecular weight excluding hydrogens is 340 g/mol. The molecule has 0 radical (unpaired) electrons. The summed E-state index contributed by atoms with van der Waals surface area (Å²) < 4.78 is 0. The smallest absolute Gasteiger partial charge is 0.313 e. The van der Waals surface area contributed by atoms with E-state index in [0.717, 1.165) is 37.3 Å². The minimum absolute atomic E-state index is 0.122. The topological polar surface area (TPSA) is 64.7 Å². The highest BCUT2D eigenvalue weighted by molar-refractivity contribution is 6.39. The van der Waals surface area contributed by atoms with E-state index < -0.39 is 11.8 Å². The van der Waals surface area contributed by atoms with Gasteiger partial charge in [-0.25, -0.2) is 0 Å². The van der Waals surface area contributed by atoms with Gasteiger partial charge in [0, 0.05) is 30.2 Å². The summed E-state index contributed by atoms with van der Waals surface area (Å²) >= 11 is 0. The molecule has 142 valence electrons. The number of likely N-dealkylation sites (N-methyl/N-ethyl adjacent to an activating group) is 1. The molecule has 27 heavy (non-hydrogen) atoms. The van der Waals surface area contributed by atoms with Crippen molar-refractivity contribution in [1.82, 2.24) is 9.80 Å². The van der Waals surface area contributed by atoms with Gasteiger partial charge < -0.3 is 20.4 Å². The van der Waals surface area contributed by atoms with Gasteiger partial charge in [0.15, 0.2) is 0 Å². The van der Waals surface area contributed by atoms with Gasteiger partial charge in [0.1, 0.15) is 0 Å². The lowest BCUT2D eigenvalue weighted by Gasteiger charge is -2.34. The van der Waals surface area contributed by atoms with Crippen molar-refractivity contribution < 1.29 is 9.59 Å². The van der Waals surface area contributed by atoms with Crippen molar-refractivity contribution in [3.8, 4) is 0 Å². The first-order chi connectivity index (χ1) is 13.0. The molecule has 2 N–H and O–H groups in total. The molecule has 1 aliphatic rings. The zero-order valence-corrected chi connectivity index (χ0v) is 15.8. The number of carbonyl (C=O) groups excluding carboxylic acids is 2. The van der Waals surface area contributed by atoms with Crippen molar-refractivity contribution in [1.29, 1.82) is 0 Å². The molecule has 0 atom stereocenters. The van der Waals surface area contributed by atoms with Crippen molar-refractivity contribution in [3.63, 3.8) is 0 Å². The zero-order chi connectivity index (χ0) is 19.2. The summed E-state index contributed by atoms with van der Waals surface area (Å²) in [5.41, 5.74) is 2.50. The summed E-state index contributed by atoms with van der Waals surface area (Å²) in [5.74, 6) is -1.09. The summed E-state index contributed by atoms with van der Waals surface area (Å²) in [6.07, 6.45) is 1.79. The second-order valence-electron chi connectivity index (χ2n) is 6.97. The monoisotopic (exact) mass is 366 g/mol. The fourth-order valence-corrected chi connectivity index (χ4v) is 3.22. The van der Waals surface area contributed by atoms with Gasteiger partial charge in [-0.1, -0.05) is 18.2 Å². The van der Waals surface area contributed by atoms with E-state index >= 15 is 0 Å². The minimum Gasteiger partial charge on any atom is -0.356 e. The summed E-state index contributed by atoms with van der Waals surface area (Å²) in [7, 11) is 3.78. The highest BCUT2D eigenvalue weighted by atomic mass is 16.2. The number of carbonyl (C=O) groups is 2. The Labute approximate surface area is 160 Å². The Bertz CT molecular complexity index is 769. The first-order valence-corrected chi connectivity index (χ1v) is 9.22. The van der Waals surface area contributed by atoms with Crippen LogP contribution in [-0.2, 0) is 9.59 Å². The molecule has 0 aliphatic carbocycles. The second-order valence-corrected chi connectivity index (χ2v) is 6.97. The number of para-hydroxylation sites is 1. The van der Waals surface area contributed by atoms with Crippen LogP contribution in [0.3, 0.4) is 0 Å². The van der Waals surface area contributed by atoms with Gasteiger partial charge >= 0.3 is 11.8 Å². The third kappa shape index (κ3) is 5.08. The number of nitrogens with zero attached hydrogens (tertiary/aromatic N) is 2. The van der Waals surface area contributed by atoms with Crippen LogP contribution < -0.4 is 10.6 Å². The number of anilines is 3. The third-order valence-electron chi connectivity index (χ3n) is 4.96. The Balaban J connectivity index is 1.54. The van der Waals surface area contributed by atoms with E-state index in [0.29, 0.717) is 5.69 Å². The van der Waals surface area contributed by atoms with Gasteiger partial charge in [-0.3, -0.25) is 9.59 Å². The molecule has 6 heteroatoms. The van der Waals surface area contributed by atoms with E-state index in [2.05, 4.69) is 22.6 Å². The van der Waals surface area contributed by atoms with Gasteiger partial charge in [0.2, 0.25) is 0 Å². The Morgan fingerprint density at radius 2 is 1.48 bits per heavy atom. The lowest BCUT2D eigenvalue weighted by Crippen LogP contribution is -2.47. The normalized spacial score (nSPS) is 15.2. The number of hydrogen-bond acceptors (Lipinski definition) is 4. The molecular formula is C21H26N4O2. The average molecular weight is 366 g/mol. The zero-order valence-electron chi connectivity index (χ0n) is 15.8. The molecule has 1 aliphatic heterocycles. The number of amides is 2. The van der Waals surface area contributed by atoms with E-state index in [4.69, 9.17) is 0 Å². The van der Waals surface area contributed by atoms with Crippen LogP contribution in [0.15, 0.2) is 54.6 Å². The van der Waals surface area contributed by atoms with E-state index in [1.807, 2.05) is 42.5 Å². The van der Waals surface area contributed by atoms with Crippen LogP contribution in [0.2, 0.25) is 0 Å². The quantitative estimate of drug-likeness (QED) is 0.817. The Kier molecular flexibility index (Phi) is 6.08. The molecule has 3 rings (SSSR count). The van der Waals surface area contributed by atoms with Crippen LogP contribution in [0.1, 0.15) is 12.8 Å². The molecule has 1 fully saturated rings. The largest absolute Gasteiger partial charge is 0.356 e. The van der Waals surface area contributed by atoms with E-state index in [1.165, 1.54) is 0 Å². The van der Waals surface area contributed by atoms with Crippen LogP contribution in [0.5, 0.6) is 0 Å². The van der Waals surface area contributed by atoms with E-state index in [9.17, 15) is 9.59 Å². The maximum atomic E-state index is 12.4. The van der Waals surface area contributed by atoms with Crippen LogP contribution in [0.25, 0.3) is 0 Å². The average Bonchev–Trinajstić information content (AvgIpc) is 2.69. The van der Waals surface area contributed by atoms with Crippen molar-refractivity contribution in [2.24, 2.45) is 0 Å². The molecule has 1 saturated heterocycles. The molecule has 0 unspecified atom stereocenters. The summed E-state index contributed by atoms with van der Waals surface area (Å²) in [4.78, 5) is 28.5. The number of hydrogen-bond donors (Lipinski definition) is 2. The number of benzene rings is 2. The first-order valence-electron chi connectivity index (χ1n) is 9.22. The highest BCUT2D eigenvalue weighted by Gasteiger charge is 2.27. The Morgan fingerprint density at radius 3 is 2.11 bits per heavy atom. The third-order valence-corrected chi connectivity index (χ3v) is 4.96. The first kappa shape index (κ1) is 18.9. The number of piperidine rings is 1. The van der Waals surface area contributed by atoms with Crippen LogP contribution in [-0.4, -0.2) is 54.8 Å². The van der Waals surface area contributed by atoms with E-state index in [-0.39, 0.29) is 6.04 Å². The predicted octanol–water partition coefficient (Wildman–Crippen LogP) is 2.92. The van der Waals surface area contributed by atoms with Crippen molar-refractivity contribution >= 4 is 28.9 Å². The highest BCUT2D eigenvalue weighted by Crippen LogP contribution is 2.19. The van der Waals surface area contributed by atoms with Crippen molar-refractivity contribution in [3.05, 3.63) is 54.6 Å². The molecule has 0 saturated carbocycles. The molecule has 2 amide bonds. The van der Waals surface area contributed by atoms with Gasteiger partial charge in [0.05, 0.1) is 0 Å². The van der Waals surface area contributed by atoms with Crippen LogP contribution in [0, 0.1) is 0 Å². The van der Waals surface area contributed by atoms with Gasteiger partial charge in [-0.2, -0.15) is 0 Å². The second kappa shape index (κ2) is 8.68. The van der Waals surface area contributed by atoms with Crippen molar-refractivity contribution in [2.75, 3.05) is 37.8 Å². The van der Waals surface area contributed by atoms with Gasteiger partial charge in [-0.05, 0) is 69.4 Å². The summed E-state index contributed by atoms with van der Waals surface area (Å²) in [6, 6.07) is 17.3. The number of likely N-dealkylation sites (tertiary alicyclic amines) is 1. The fourth-order valence-electron chi connectivity index (χ4n) is 3.22. The molecule has 0 aromatic heterocycles. The lowest BCUT2D eigenvalue weighted by molar-refractivity contribution is -0.144. The Hall–Kier alpha value is -2.86. The maximum absolute atomic E-state index is 12.4. The van der Waals surface area contributed by atoms with Crippen molar-refractivity contribution in [2.45, 2.75) is 18.9 Å². The van der Waals surface area contributed by atoms with Gasteiger partial charge in [0.25, 0.3) is 0 Å². The SMILES string of the molecule is CN1CCC(N(C)C(=O)C(=O)Nc2ccc(Nc3ccccc3)cc2)CC1. The molecule has 1 heterocycles. The predicted molar refractivity (Wildman–Crippen MR) is 108 cm³/mol.